The molecule has 1 heterocycles. The molecular formula is C26H37N3O9. The van der Waals surface area contributed by atoms with Crippen molar-refractivity contribution >= 4 is 23.9 Å². The summed E-state index contributed by atoms with van der Waals surface area (Å²) < 4.78 is 5.97. The Bertz CT molecular complexity index is 917. The molecule has 38 heavy (non-hydrogen) atoms. The van der Waals surface area contributed by atoms with Crippen molar-refractivity contribution in [2.24, 2.45) is 17.6 Å². The van der Waals surface area contributed by atoms with E-state index in [1.807, 2.05) is 18.2 Å². The van der Waals surface area contributed by atoms with Crippen LogP contribution < -0.4 is 10.5 Å². The van der Waals surface area contributed by atoms with E-state index in [-0.39, 0.29) is 25.7 Å². The van der Waals surface area contributed by atoms with Crippen LogP contribution in [0.5, 0.6) is 5.75 Å². The van der Waals surface area contributed by atoms with Gasteiger partial charge in [-0.25, -0.2) is 0 Å². The molecular weight excluding hydrogens is 498 g/mol. The van der Waals surface area contributed by atoms with E-state index < -0.39 is 23.9 Å². The third-order valence-electron chi connectivity index (χ3n) is 5.87. The van der Waals surface area contributed by atoms with Gasteiger partial charge in [0.2, 0.25) is 0 Å². The number of ether oxygens (including phenoxy) is 1. The van der Waals surface area contributed by atoms with Crippen LogP contribution >= 0.6 is 0 Å². The number of nitrogens with zero attached hydrogens (tertiary/aromatic N) is 2. The van der Waals surface area contributed by atoms with Crippen molar-refractivity contribution in [2.45, 2.75) is 51.4 Å². The Morgan fingerprint density at radius 1 is 0.921 bits per heavy atom. The largest absolute Gasteiger partial charge is 0.493 e. The summed E-state index contributed by atoms with van der Waals surface area (Å²) in [6, 6.07) is 8.03. The van der Waals surface area contributed by atoms with E-state index in [4.69, 9.17) is 36.2 Å². The maximum absolute atomic E-state index is 9.64. The molecule has 0 radical (unpaired) electrons. The molecule has 1 aromatic rings. The Labute approximate surface area is 221 Å². The van der Waals surface area contributed by atoms with Gasteiger partial charge in [0.1, 0.15) is 5.75 Å². The summed E-state index contributed by atoms with van der Waals surface area (Å²) in [5, 5.41) is 40.7. The number of aliphatic carboxylic acids is 4. The van der Waals surface area contributed by atoms with E-state index in [0.717, 1.165) is 62.0 Å². The number of benzene rings is 1. The van der Waals surface area contributed by atoms with Crippen molar-refractivity contribution in [1.82, 2.24) is 4.90 Å². The highest BCUT2D eigenvalue weighted by atomic mass is 16.5. The topological polar surface area (TPSA) is 211 Å². The fourth-order valence-electron chi connectivity index (χ4n) is 3.49. The van der Waals surface area contributed by atoms with Gasteiger partial charge in [0, 0.05) is 13.1 Å². The maximum Gasteiger partial charge on any atom is 0.303 e. The molecule has 1 saturated carbocycles. The van der Waals surface area contributed by atoms with Gasteiger partial charge in [-0.15, -0.1) is 0 Å². The summed E-state index contributed by atoms with van der Waals surface area (Å²) in [6.45, 7) is 4.87. The van der Waals surface area contributed by atoms with E-state index in [1.54, 1.807) is 0 Å². The number of hydrogen-bond acceptors (Lipinski definition) is 8. The lowest BCUT2D eigenvalue weighted by molar-refractivity contribution is -0.143. The Kier molecular flexibility index (Phi) is 15.1. The minimum Gasteiger partial charge on any atom is -0.493 e. The zero-order chi connectivity index (χ0) is 28.5. The smallest absolute Gasteiger partial charge is 0.303 e. The average molecular weight is 536 g/mol. The Balaban J connectivity index is 0.000000374. The molecule has 0 spiro atoms. The Hall–Kier alpha value is -3.69. The van der Waals surface area contributed by atoms with Crippen LogP contribution in [0.4, 0.5) is 0 Å². The third-order valence-corrected chi connectivity index (χ3v) is 5.87. The minimum atomic E-state index is -1.08. The van der Waals surface area contributed by atoms with Crippen molar-refractivity contribution < 1.29 is 44.3 Å². The molecule has 12 nitrogen and oxygen atoms in total. The van der Waals surface area contributed by atoms with Gasteiger partial charge in [-0.05, 0) is 74.4 Å². The number of carbonyl (C=O) groups is 4. The van der Waals surface area contributed by atoms with Crippen LogP contribution in [-0.2, 0) is 25.6 Å². The normalized spacial score (nSPS) is 16.2. The highest BCUT2D eigenvalue weighted by Crippen LogP contribution is 2.31. The molecule has 3 rings (SSSR count). The zero-order valence-electron chi connectivity index (χ0n) is 21.4. The van der Waals surface area contributed by atoms with Crippen LogP contribution in [0.1, 0.15) is 56.1 Å². The second kappa shape index (κ2) is 17.7. The van der Waals surface area contributed by atoms with Gasteiger partial charge < -0.3 is 35.8 Å². The molecule has 0 amide bonds. The second-order valence-corrected chi connectivity index (χ2v) is 9.20. The number of carboxylic acids is 4. The maximum atomic E-state index is 9.64. The van der Waals surface area contributed by atoms with Crippen molar-refractivity contribution in [3.05, 3.63) is 29.3 Å². The van der Waals surface area contributed by atoms with Gasteiger partial charge >= 0.3 is 23.9 Å². The molecule has 1 saturated heterocycles. The van der Waals surface area contributed by atoms with Crippen LogP contribution in [0.3, 0.4) is 0 Å². The first-order valence-electron chi connectivity index (χ1n) is 12.5. The number of rotatable bonds is 13. The number of carboxylic acid groups (broad SMARTS) is 4. The standard InChI is InChI=1S/C18H25N3O.2C4H6O4/c19-10-15-3-4-18(22-13-14-1-2-14)17(9-15)6-8-21-7-5-16(11-20)12-21;2*5-3(6)1-2-4(7)8/h3-4,9,14,16H,1-2,5-8,11-13,20H2;2*1-2H2,(H,5,6)(H,7,8)/t16-;;/m0../s1. The van der Waals surface area contributed by atoms with Gasteiger partial charge in [0.25, 0.3) is 0 Å². The van der Waals surface area contributed by atoms with Crippen LogP contribution in [-0.4, -0.2) is 82.0 Å². The summed E-state index contributed by atoms with van der Waals surface area (Å²) in [7, 11) is 0. The molecule has 2 fully saturated rings. The first-order chi connectivity index (χ1) is 18.0. The monoisotopic (exact) mass is 535 g/mol. The van der Waals surface area contributed by atoms with Gasteiger partial charge in [0.15, 0.2) is 0 Å². The van der Waals surface area contributed by atoms with E-state index in [1.165, 1.54) is 19.3 Å². The van der Waals surface area contributed by atoms with Crippen molar-refractivity contribution in [1.29, 1.82) is 5.26 Å². The molecule has 1 aliphatic carbocycles. The number of nitrogens with two attached hydrogens (primary N) is 1. The van der Waals surface area contributed by atoms with Crippen LogP contribution in [0, 0.1) is 23.2 Å². The minimum absolute atomic E-state index is 0.296. The summed E-state index contributed by atoms with van der Waals surface area (Å²) in [4.78, 5) is 41.0. The predicted octanol–water partition coefficient (Wildman–Crippen LogP) is 2.04. The van der Waals surface area contributed by atoms with Crippen LogP contribution in [0.15, 0.2) is 18.2 Å². The molecule has 1 atom stereocenters. The van der Waals surface area contributed by atoms with Gasteiger partial charge in [-0.2, -0.15) is 5.26 Å². The van der Waals surface area contributed by atoms with E-state index >= 15 is 0 Å². The molecule has 0 unspecified atom stereocenters. The van der Waals surface area contributed by atoms with Crippen molar-refractivity contribution in [2.75, 3.05) is 32.8 Å². The molecule has 1 aliphatic heterocycles. The van der Waals surface area contributed by atoms with E-state index in [0.29, 0.717) is 5.92 Å². The van der Waals surface area contributed by atoms with Gasteiger partial charge in [0.05, 0.1) is 43.9 Å². The summed E-state index contributed by atoms with van der Waals surface area (Å²) in [5.41, 5.74) is 7.64. The quantitative estimate of drug-likeness (QED) is 0.245. The fourth-order valence-corrected chi connectivity index (χ4v) is 3.49. The zero-order valence-corrected chi connectivity index (χ0v) is 21.4. The first-order valence-corrected chi connectivity index (χ1v) is 12.5. The molecule has 210 valence electrons. The van der Waals surface area contributed by atoms with Crippen molar-refractivity contribution in [3.8, 4) is 11.8 Å². The highest BCUT2D eigenvalue weighted by molar-refractivity contribution is 5.75. The molecule has 1 aromatic carbocycles. The molecule has 2 aliphatic rings. The first kappa shape index (κ1) is 32.3. The second-order valence-electron chi connectivity index (χ2n) is 9.20. The van der Waals surface area contributed by atoms with Gasteiger partial charge in [-0.3, -0.25) is 19.2 Å². The number of hydrogen-bond donors (Lipinski definition) is 5. The Morgan fingerprint density at radius 3 is 1.89 bits per heavy atom. The number of likely N-dealkylation sites (tertiary alicyclic amines) is 1. The summed E-state index contributed by atoms with van der Waals surface area (Å²) >= 11 is 0. The fraction of sp³-hybridized carbons (Fsp3) is 0.577. The lowest BCUT2D eigenvalue weighted by atomic mass is 10.1. The third kappa shape index (κ3) is 15.4. The van der Waals surface area contributed by atoms with Crippen LogP contribution in [0.2, 0.25) is 0 Å². The SMILES string of the molecule is N#Cc1ccc(OCC2CC2)c(CCN2CC[C@@H](CN)C2)c1.O=C(O)CCC(=O)O.O=C(O)CCC(=O)O. The van der Waals surface area contributed by atoms with Crippen molar-refractivity contribution in [3.63, 3.8) is 0 Å². The molecule has 6 N–H and O–H groups in total. The predicted molar refractivity (Wildman–Crippen MR) is 136 cm³/mol. The Morgan fingerprint density at radius 2 is 1.47 bits per heavy atom. The molecule has 0 bridgehead atoms. The lowest BCUT2D eigenvalue weighted by Gasteiger charge is -2.17. The lowest BCUT2D eigenvalue weighted by Crippen LogP contribution is -2.25. The molecule has 0 aromatic heterocycles. The average Bonchev–Trinajstić information content (AvgIpc) is 3.59. The summed E-state index contributed by atoms with van der Waals surface area (Å²) in [5.74, 6) is -1.96. The highest BCUT2D eigenvalue weighted by Gasteiger charge is 2.23. The molecule has 12 heteroatoms. The van der Waals surface area contributed by atoms with E-state index in [9.17, 15) is 19.2 Å². The van der Waals surface area contributed by atoms with Crippen LogP contribution in [0.25, 0.3) is 0 Å². The summed E-state index contributed by atoms with van der Waals surface area (Å²) in [6.07, 6.45) is 3.54. The van der Waals surface area contributed by atoms with E-state index in [2.05, 4.69) is 11.0 Å². The number of nitriles is 1. The van der Waals surface area contributed by atoms with Gasteiger partial charge in [-0.1, -0.05) is 0 Å².